The van der Waals surface area contributed by atoms with E-state index in [1.54, 1.807) is 0 Å². The van der Waals surface area contributed by atoms with Crippen molar-refractivity contribution < 1.29 is 14.3 Å². The van der Waals surface area contributed by atoms with Gasteiger partial charge in [-0.1, -0.05) is 0 Å². The van der Waals surface area contributed by atoms with Gasteiger partial charge in [0.1, 0.15) is 0 Å². The maximum atomic E-state index is 9.81. The molecule has 0 aromatic rings. The van der Waals surface area contributed by atoms with Crippen LogP contribution < -0.4 is 0 Å². The number of carbonyl (C=O) groups is 2. The van der Waals surface area contributed by atoms with Crippen molar-refractivity contribution in [2.24, 2.45) is 0 Å². The maximum absolute atomic E-state index is 9.81. The molecule has 0 aliphatic rings. The Kier molecular flexibility index (Phi) is 15.0. The molecule has 5 heteroatoms. The van der Waals surface area contributed by atoms with E-state index < -0.39 is 11.9 Å². The molecule has 0 rings (SSSR count). The normalized spacial score (nSPS) is 6.00. The van der Waals surface area contributed by atoms with Gasteiger partial charge in [-0.2, -0.15) is 0 Å². The second-order valence-corrected chi connectivity index (χ2v) is 1.09. The molecule has 0 amide bonds. The minimum absolute atomic E-state index is 0. The van der Waals surface area contributed by atoms with Crippen LogP contribution in [0.3, 0.4) is 0 Å². The number of hydrogen-bond donors (Lipinski definition) is 0. The average molecular weight is 118 g/mol. The quantitative estimate of drug-likeness (QED) is 0.228. The van der Waals surface area contributed by atoms with Gasteiger partial charge in [-0.05, 0) is 0 Å². The fourth-order valence-corrected chi connectivity index (χ4v) is 0.202. The van der Waals surface area contributed by atoms with Gasteiger partial charge in [0.25, 0.3) is 0 Å². The molecule has 0 fully saturated rings. The van der Waals surface area contributed by atoms with Crippen molar-refractivity contribution in [2.45, 2.75) is 13.8 Å². The number of hydrogen-bond acceptors (Lipinski definition) is 3. The van der Waals surface area contributed by atoms with Crippen LogP contribution in [0.1, 0.15) is 13.8 Å². The van der Waals surface area contributed by atoms with Crippen molar-refractivity contribution in [2.75, 3.05) is 0 Å². The molecule has 3 nitrogen and oxygen atoms in total. The van der Waals surface area contributed by atoms with Gasteiger partial charge < -0.3 is 4.74 Å². The summed E-state index contributed by atoms with van der Waals surface area (Å²) in [7, 11) is 0. The van der Waals surface area contributed by atoms with Gasteiger partial charge in [0.2, 0.25) is 0 Å². The van der Waals surface area contributed by atoms with Crippen LogP contribution in [0.25, 0.3) is 0 Å². The zero-order chi connectivity index (χ0) is 5.86. The van der Waals surface area contributed by atoms with E-state index in [4.69, 9.17) is 0 Å². The summed E-state index contributed by atoms with van der Waals surface area (Å²) in [4.78, 5) is 19.6. The fourth-order valence-electron chi connectivity index (χ4n) is 0.202. The average Bonchev–Trinajstić information content (AvgIpc) is 1.27. The Hall–Kier alpha value is 0.335. The number of ether oxygens (including phenoxy) is 1. The molecular formula is C4H8Li2O3. The molecule has 0 spiro atoms. The molecule has 0 bridgehead atoms. The predicted molar refractivity (Wildman–Crippen MR) is 36.7 cm³/mol. The standard InChI is InChI=1S/C4H6O3.2Li.2H/c1-3(5)7-4(2)6;;;;/h1-2H3;;;;. The van der Waals surface area contributed by atoms with E-state index in [0.29, 0.717) is 0 Å². The fraction of sp³-hybridized carbons (Fsp3) is 0.500. The molecule has 0 saturated heterocycles. The van der Waals surface area contributed by atoms with E-state index in [1.165, 1.54) is 13.8 Å². The monoisotopic (exact) mass is 118 g/mol. The molecule has 0 aliphatic carbocycles. The summed E-state index contributed by atoms with van der Waals surface area (Å²) < 4.78 is 3.97. The Morgan fingerprint density at radius 3 is 1.22 bits per heavy atom. The Morgan fingerprint density at radius 1 is 1.00 bits per heavy atom. The minimum atomic E-state index is -0.562. The van der Waals surface area contributed by atoms with Crippen LogP contribution in [-0.2, 0) is 14.3 Å². The first kappa shape index (κ1) is 16.2. The Labute approximate surface area is 77.9 Å². The van der Waals surface area contributed by atoms with Gasteiger partial charge in [-0.15, -0.1) is 0 Å². The van der Waals surface area contributed by atoms with Crippen molar-refractivity contribution in [3.05, 3.63) is 0 Å². The Morgan fingerprint density at radius 2 is 1.22 bits per heavy atom. The van der Waals surface area contributed by atoms with E-state index in [9.17, 15) is 9.59 Å². The predicted octanol–water partition coefficient (Wildman–Crippen LogP) is -1.20. The van der Waals surface area contributed by atoms with Crippen molar-refractivity contribution in [3.63, 3.8) is 0 Å². The second-order valence-electron chi connectivity index (χ2n) is 1.09. The van der Waals surface area contributed by atoms with Gasteiger partial charge in [0.05, 0.1) is 0 Å². The number of carbonyl (C=O) groups excluding carboxylic acids is 2. The third kappa shape index (κ3) is 17.8. The summed E-state index contributed by atoms with van der Waals surface area (Å²) in [5, 5.41) is 0. The van der Waals surface area contributed by atoms with E-state index >= 15 is 0 Å². The molecular weight excluding hydrogens is 110 g/mol. The van der Waals surface area contributed by atoms with E-state index in [2.05, 4.69) is 4.74 Å². The molecule has 0 aliphatic heterocycles. The van der Waals surface area contributed by atoms with Gasteiger partial charge in [-0.25, -0.2) is 0 Å². The van der Waals surface area contributed by atoms with Crippen LogP contribution >= 0.6 is 0 Å². The summed E-state index contributed by atoms with van der Waals surface area (Å²) in [6.07, 6.45) is 0. The third-order valence-corrected chi connectivity index (χ3v) is 0.287. The molecule has 44 valence electrons. The van der Waals surface area contributed by atoms with Gasteiger partial charge in [-0.3, -0.25) is 9.59 Å². The number of esters is 2. The van der Waals surface area contributed by atoms with Crippen molar-refractivity contribution in [1.29, 1.82) is 0 Å². The second kappa shape index (κ2) is 8.33. The summed E-state index contributed by atoms with van der Waals surface area (Å²) >= 11 is 0. The molecule has 0 saturated carbocycles. The third-order valence-electron chi connectivity index (χ3n) is 0.287. The molecule has 0 radical (unpaired) electrons. The Balaban J connectivity index is -0.000000180. The SMILES string of the molecule is CC(=O)OC(C)=O.[LiH].[LiH]. The van der Waals surface area contributed by atoms with Crippen molar-refractivity contribution in [1.82, 2.24) is 0 Å². The molecule has 0 atom stereocenters. The van der Waals surface area contributed by atoms with Crippen LogP contribution in [-0.4, -0.2) is 49.7 Å². The molecule has 9 heavy (non-hydrogen) atoms. The molecule has 0 aromatic heterocycles. The zero-order valence-corrected chi connectivity index (χ0v) is 4.22. The van der Waals surface area contributed by atoms with Gasteiger partial charge >= 0.3 is 49.7 Å². The Bertz CT molecular complexity index is 90.0. The first-order chi connectivity index (χ1) is 3.13. The first-order valence-corrected chi connectivity index (χ1v) is 1.82. The van der Waals surface area contributed by atoms with Gasteiger partial charge in [0.15, 0.2) is 0 Å². The van der Waals surface area contributed by atoms with Crippen LogP contribution in [0.4, 0.5) is 0 Å². The molecule has 0 unspecified atom stereocenters. The van der Waals surface area contributed by atoms with E-state index in [0.717, 1.165) is 0 Å². The summed E-state index contributed by atoms with van der Waals surface area (Å²) in [6.45, 7) is 2.36. The van der Waals surface area contributed by atoms with Crippen LogP contribution in [0, 0.1) is 0 Å². The van der Waals surface area contributed by atoms with Crippen LogP contribution in [0.15, 0.2) is 0 Å². The summed E-state index contributed by atoms with van der Waals surface area (Å²) in [6, 6.07) is 0. The summed E-state index contributed by atoms with van der Waals surface area (Å²) in [5.41, 5.74) is 0. The first-order valence-electron chi connectivity index (χ1n) is 1.82. The summed E-state index contributed by atoms with van der Waals surface area (Å²) in [5.74, 6) is -1.12. The number of rotatable bonds is 0. The van der Waals surface area contributed by atoms with Gasteiger partial charge in [0, 0.05) is 13.8 Å². The molecule has 0 N–H and O–H groups in total. The van der Waals surface area contributed by atoms with Crippen molar-refractivity contribution >= 4 is 49.7 Å². The van der Waals surface area contributed by atoms with E-state index in [1.807, 2.05) is 0 Å². The molecule has 0 heterocycles. The van der Waals surface area contributed by atoms with Crippen LogP contribution in [0.2, 0.25) is 0 Å². The molecule has 0 aromatic carbocycles. The zero-order valence-electron chi connectivity index (χ0n) is 4.22. The van der Waals surface area contributed by atoms with E-state index in [-0.39, 0.29) is 37.7 Å². The topological polar surface area (TPSA) is 43.4 Å². The van der Waals surface area contributed by atoms with Crippen molar-refractivity contribution in [3.8, 4) is 0 Å². The van der Waals surface area contributed by atoms with Crippen LogP contribution in [0.5, 0.6) is 0 Å².